The van der Waals surface area contributed by atoms with Crippen LogP contribution >= 0.6 is 0 Å². The summed E-state index contributed by atoms with van der Waals surface area (Å²) in [7, 11) is 0. The number of pyridine rings is 1. The van der Waals surface area contributed by atoms with Crippen LogP contribution in [0.3, 0.4) is 0 Å². The maximum Gasteiger partial charge on any atom is 0.274 e. The minimum atomic E-state index is -0.461. The molecule has 0 fully saturated rings. The molecule has 1 heterocycles. The summed E-state index contributed by atoms with van der Waals surface area (Å²) in [6.07, 6.45) is 6.41. The van der Waals surface area contributed by atoms with Gasteiger partial charge < -0.3 is 10.6 Å². The quantitative estimate of drug-likeness (QED) is 0.427. The topological polar surface area (TPSA) is 80.1 Å². The molecule has 0 aromatic carbocycles. The van der Waals surface area contributed by atoms with Crippen molar-refractivity contribution in [2.24, 2.45) is 0 Å². The molecule has 0 saturated carbocycles. The summed E-state index contributed by atoms with van der Waals surface area (Å²) < 4.78 is 0. The average Bonchev–Trinajstić information content (AvgIpc) is 2.39. The SMILES string of the molecule is CCCCN/C(=C\[N+](=O)[O-])NC(C)c1cccnc1. The molecule has 0 aliphatic heterocycles. The highest BCUT2D eigenvalue weighted by atomic mass is 16.6. The summed E-state index contributed by atoms with van der Waals surface area (Å²) >= 11 is 0. The van der Waals surface area contributed by atoms with Gasteiger partial charge in [-0.15, -0.1) is 0 Å². The van der Waals surface area contributed by atoms with Crippen molar-refractivity contribution in [3.8, 4) is 0 Å². The summed E-state index contributed by atoms with van der Waals surface area (Å²) in [6, 6.07) is 3.73. The van der Waals surface area contributed by atoms with Gasteiger partial charge in [-0.1, -0.05) is 19.4 Å². The molecule has 1 aromatic heterocycles. The fourth-order valence-electron chi connectivity index (χ4n) is 1.59. The molecule has 1 atom stereocenters. The van der Waals surface area contributed by atoms with Crippen molar-refractivity contribution in [2.75, 3.05) is 6.54 Å². The molecule has 6 nitrogen and oxygen atoms in total. The van der Waals surface area contributed by atoms with Crippen LogP contribution in [0.4, 0.5) is 0 Å². The predicted molar refractivity (Wildman–Crippen MR) is 73.8 cm³/mol. The Morgan fingerprint density at radius 1 is 1.63 bits per heavy atom. The monoisotopic (exact) mass is 264 g/mol. The predicted octanol–water partition coefficient (Wildman–Crippen LogP) is 2.20. The van der Waals surface area contributed by atoms with Crippen molar-refractivity contribution in [1.29, 1.82) is 0 Å². The van der Waals surface area contributed by atoms with Crippen LogP contribution in [0.25, 0.3) is 0 Å². The Hall–Kier alpha value is -2.11. The van der Waals surface area contributed by atoms with E-state index < -0.39 is 4.92 Å². The lowest BCUT2D eigenvalue weighted by Gasteiger charge is -2.17. The first-order valence-corrected chi connectivity index (χ1v) is 6.39. The Morgan fingerprint density at radius 2 is 2.42 bits per heavy atom. The summed E-state index contributed by atoms with van der Waals surface area (Å²) in [4.78, 5) is 14.2. The van der Waals surface area contributed by atoms with Crippen LogP contribution in [0.5, 0.6) is 0 Å². The highest BCUT2D eigenvalue weighted by Gasteiger charge is 2.09. The van der Waals surface area contributed by atoms with E-state index in [-0.39, 0.29) is 6.04 Å². The number of aromatic nitrogens is 1. The van der Waals surface area contributed by atoms with Gasteiger partial charge in [-0.05, 0) is 25.0 Å². The van der Waals surface area contributed by atoms with E-state index in [1.165, 1.54) is 0 Å². The van der Waals surface area contributed by atoms with Gasteiger partial charge in [-0.25, -0.2) is 0 Å². The third-order valence-corrected chi connectivity index (χ3v) is 2.64. The lowest BCUT2D eigenvalue weighted by Crippen LogP contribution is -2.30. The molecule has 0 aliphatic carbocycles. The number of nitro groups is 1. The number of nitrogens with zero attached hydrogens (tertiary/aromatic N) is 2. The zero-order valence-electron chi connectivity index (χ0n) is 11.3. The third-order valence-electron chi connectivity index (χ3n) is 2.64. The lowest BCUT2D eigenvalue weighted by molar-refractivity contribution is -0.404. The van der Waals surface area contributed by atoms with Crippen LogP contribution < -0.4 is 10.6 Å². The normalized spacial score (nSPS) is 12.8. The average molecular weight is 264 g/mol. The number of rotatable bonds is 8. The minimum Gasteiger partial charge on any atom is -0.367 e. The summed E-state index contributed by atoms with van der Waals surface area (Å²) in [5, 5.41) is 16.7. The van der Waals surface area contributed by atoms with Crippen LogP contribution in [0.2, 0.25) is 0 Å². The number of hydrogen-bond acceptors (Lipinski definition) is 5. The number of nitrogens with one attached hydrogen (secondary N) is 2. The van der Waals surface area contributed by atoms with E-state index in [1.807, 2.05) is 19.1 Å². The molecule has 0 spiro atoms. The number of unbranched alkanes of at least 4 members (excludes halogenated alkanes) is 1. The Kier molecular flexibility index (Phi) is 6.35. The molecule has 2 N–H and O–H groups in total. The molecule has 0 saturated heterocycles. The van der Waals surface area contributed by atoms with Crippen LogP contribution in [-0.2, 0) is 0 Å². The number of hydrogen-bond donors (Lipinski definition) is 2. The smallest absolute Gasteiger partial charge is 0.274 e. The van der Waals surface area contributed by atoms with E-state index in [9.17, 15) is 10.1 Å². The molecule has 0 aliphatic rings. The van der Waals surface area contributed by atoms with Crippen molar-refractivity contribution < 1.29 is 4.92 Å². The van der Waals surface area contributed by atoms with Crippen LogP contribution in [0, 0.1) is 10.1 Å². The first-order chi connectivity index (χ1) is 9.13. The molecular formula is C13H20N4O2. The Labute approximate surface area is 113 Å². The van der Waals surface area contributed by atoms with Crippen molar-refractivity contribution in [2.45, 2.75) is 32.7 Å². The second-order valence-electron chi connectivity index (χ2n) is 4.26. The second kappa shape index (κ2) is 8.07. The van der Waals surface area contributed by atoms with E-state index in [2.05, 4.69) is 22.5 Å². The molecule has 0 amide bonds. The maximum atomic E-state index is 10.6. The Bertz CT molecular complexity index is 420. The Morgan fingerprint density at radius 3 is 3.00 bits per heavy atom. The minimum absolute atomic E-state index is 0.0472. The summed E-state index contributed by atoms with van der Waals surface area (Å²) in [5.74, 6) is 0.426. The first-order valence-electron chi connectivity index (χ1n) is 6.39. The van der Waals surface area contributed by atoms with Gasteiger partial charge in [0.2, 0.25) is 0 Å². The van der Waals surface area contributed by atoms with E-state index in [0.29, 0.717) is 12.4 Å². The molecule has 1 rings (SSSR count). The van der Waals surface area contributed by atoms with Crippen LogP contribution in [0.15, 0.2) is 36.5 Å². The van der Waals surface area contributed by atoms with Crippen molar-refractivity contribution >= 4 is 0 Å². The highest BCUT2D eigenvalue weighted by Crippen LogP contribution is 2.11. The second-order valence-corrected chi connectivity index (χ2v) is 4.26. The van der Waals surface area contributed by atoms with Gasteiger partial charge in [0.25, 0.3) is 6.20 Å². The van der Waals surface area contributed by atoms with E-state index in [1.54, 1.807) is 12.4 Å². The molecule has 1 aromatic rings. The molecule has 0 radical (unpaired) electrons. The summed E-state index contributed by atoms with van der Waals surface area (Å²) in [5.41, 5.74) is 0.981. The van der Waals surface area contributed by atoms with Gasteiger partial charge in [0.15, 0.2) is 5.82 Å². The largest absolute Gasteiger partial charge is 0.367 e. The van der Waals surface area contributed by atoms with Crippen molar-refractivity contribution in [3.05, 3.63) is 52.2 Å². The fourth-order valence-corrected chi connectivity index (χ4v) is 1.59. The van der Waals surface area contributed by atoms with Crippen molar-refractivity contribution in [3.63, 3.8) is 0 Å². The molecule has 6 heteroatoms. The van der Waals surface area contributed by atoms with Gasteiger partial charge >= 0.3 is 0 Å². The van der Waals surface area contributed by atoms with E-state index >= 15 is 0 Å². The van der Waals surface area contributed by atoms with Gasteiger partial charge in [0.05, 0.1) is 11.0 Å². The van der Waals surface area contributed by atoms with Gasteiger partial charge in [0.1, 0.15) is 0 Å². The first kappa shape index (κ1) is 14.9. The van der Waals surface area contributed by atoms with Crippen LogP contribution in [0.1, 0.15) is 38.3 Å². The molecular weight excluding hydrogens is 244 g/mol. The maximum absolute atomic E-state index is 10.6. The standard InChI is InChI=1S/C13H20N4O2/c1-3-4-8-15-13(10-17(18)19)16-11(2)12-6-5-7-14-9-12/h5-7,9-11,15-16H,3-4,8H2,1-2H3/b13-10+. The summed E-state index contributed by atoms with van der Waals surface area (Å²) in [6.45, 7) is 4.72. The third kappa shape index (κ3) is 5.85. The Balaban J connectivity index is 2.64. The zero-order valence-corrected chi connectivity index (χ0v) is 11.3. The fraction of sp³-hybridized carbons (Fsp3) is 0.462. The van der Waals surface area contributed by atoms with Crippen molar-refractivity contribution in [1.82, 2.24) is 15.6 Å². The van der Waals surface area contributed by atoms with Gasteiger partial charge in [-0.3, -0.25) is 15.1 Å². The van der Waals surface area contributed by atoms with Gasteiger partial charge in [0, 0.05) is 18.9 Å². The van der Waals surface area contributed by atoms with E-state index in [0.717, 1.165) is 24.6 Å². The zero-order chi connectivity index (χ0) is 14.1. The highest BCUT2D eigenvalue weighted by molar-refractivity contribution is 5.14. The molecule has 104 valence electrons. The molecule has 19 heavy (non-hydrogen) atoms. The van der Waals surface area contributed by atoms with Gasteiger partial charge in [-0.2, -0.15) is 0 Å². The molecule has 1 unspecified atom stereocenters. The lowest BCUT2D eigenvalue weighted by atomic mass is 10.1. The van der Waals surface area contributed by atoms with Crippen LogP contribution in [-0.4, -0.2) is 16.5 Å². The van der Waals surface area contributed by atoms with E-state index in [4.69, 9.17) is 0 Å². The molecule has 0 bridgehead atoms.